The van der Waals surface area contributed by atoms with E-state index in [1.54, 1.807) is 0 Å². The van der Waals surface area contributed by atoms with Gasteiger partial charge in [0.2, 0.25) is 0 Å². The lowest BCUT2D eigenvalue weighted by atomic mass is 10.0. The predicted molar refractivity (Wildman–Crippen MR) is 77.5 cm³/mol. The van der Waals surface area contributed by atoms with Crippen molar-refractivity contribution in [2.45, 2.75) is 31.7 Å². The van der Waals surface area contributed by atoms with E-state index in [-0.39, 0.29) is 0 Å². The second-order valence-corrected chi connectivity index (χ2v) is 5.55. The third-order valence-corrected chi connectivity index (χ3v) is 4.05. The average Bonchev–Trinajstić information content (AvgIpc) is 2.37. The first-order valence-electron chi connectivity index (χ1n) is 6.54. The van der Waals surface area contributed by atoms with E-state index in [9.17, 15) is 0 Å². The summed E-state index contributed by atoms with van der Waals surface area (Å²) < 4.78 is 0. The Hall–Kier alpha value is -0.800. The minimum Gasteiger partial charge on any atom is -0.355 e. The van der Waals surface area contributed by atoms with Gasteiger partial charge in [0.15, 0.2) is 0 Å². The number of hydrogen-bond acceptors (Lipinski definition) is 3. The van der Waals surface area contributed by atoms with Crippen LogP contribution in [0, 0.1) is 6.92 Å². The normalized spacial score (nSPS) is 21.0. The summed E-state index contributed by atoms with van der Waals surface area (Å²) >= 11 is 5.84. The van der Waals surface area contributed by atoms with Gasteiger partial charge < -0.3 is 9.80 Å². The Labute approximate surface area is 115 Å². The van der Waals surface area contributed by atoms with Crippen molar-refractivity contribution in [3.8, 4) is 0 Å². The Kier molecular flexibility index (Phi) is 4.46. The minimum atomic E-state index is 0.532. The molecule has 0 bridgehead atoms. The molecule has 100 valence electrons. The van der Waals surface area contributed by atoms with Gasteiger partial charge in [0.1, 0.15) is 5.82 Å². The number of alkyl halides is 1. The van der Waals surface area contributed by atoms with Crippen LogP contribution in [0.25, 0.3) is 0 Å². The van der Waals surface area contributed by atoms with Crippen molar-refractivity contribution in [2.24, 2.45) is 0 Å². The summed E-state index contributed by atoms with van der Waals surface area (Å²) in [7, 11) is 4.34. The lowest BCUT2D eigenvalue weighted by Crippen LogP contribution is -2.45. The van der Waals surface area contributed by atoms with Gasteiger partial charge in [-0.05, 0) is 50.6 Å². The zero-order chi connectivity index (χ0) is 13.1. The van der Waals surface area contributed by atoms with E-state index in [0.29, 0.717) is 11.9 Å². The van der Waals surface area contributed by atoms with E-state index < -0.39 is 0 Å². The molecule has 1 unspecified atom stereocenters. The van der Waals surface area contributed by atoms with Gasteiger partial charge in [-0.15, -0.1) is 11.6 Å². The molecule has 0 aliphatic carbocycles. The van der Waals surface area contributed by atoms with Crippen LogP contribution in [0.1, 0.15) is 24.0 Å². The zero-order valence-corrected chi connectivity index (χ0v) is 12.2. The first-order chi connectivity index (χ1) is 8.61. The molecule has 3 nitrogen and oxygen atoms in total. The van der Waals surface area contributed by atoms with Crippen LogP contribution >= 0.6 is 11.6 Å². The van der Waals surface area contributed by atoms with Crippen LogP contribution in [0.5, 0.6) is 0 Å². The van der Waals surface area contributed by atoms with Crippen LogP contribution in [0.2, 0.25) is 0 Å². The molecule has 1 fully saturated rings. The molecular weight excluding hydrogens is 246 g/mol. The van der Waals surface area contributed by atoms with Crippen LogP contribution in [-0.4, -0.2) is 43.1 Å². The second-order valence-electron chi connectivity index (χ2n) is 5.29. The Morgan fingerprint density at radius 3 is 2.94 bits per heavy atom. The summed E-state index contributed by atoms with van der Waals surface area (Å²) in [6.07, 6.45) is 4.40. The fourth-order valence-electron chi connectivity index (χ4n) is 2.70. The SMILES string of the molecule is Cc1cc(CCl)cnc1N(C)C1CCCN(C)C1. The van der Waals surface area contributed by atoms with Crippen molar-refractivity contribution in [3.05, 3.63) is 23.4 Å². The molecule has 1 aromatic rings. The van der Waals surface area contributed by atoms with Crippen LogP contribution < -0.4 is 4.90 Å². The van der Waals surface area contributed by atoms with E-state index in [1.165, 1.54) is 24.9 Å². The van der Waals surface area contributed by atoms with Gasteiger partial charge in [-0.2, -0.15) is 0 Å². The standard InChI is InChI=1S/C14H22ClN3/c1-11-7-12(8-15)9-16-14(11)18(3)13-5-4-6-17(2)10-13/h7,9,13H,4-6,8,10H2,1-3H3. The summed E-state index contributed by atoms with van der Waals surface area (Å²) in [6.45, 7) is 4.44. The lowest BCUT2D eigenvalue weighted by Gasteiger charge is -2.37. The van der Waals surface area contributed by atoms with Crippen LogP contribution in [0.15, 0.2) is 12.3 Å². The third-order valence-electron chi connectivity index (χ3n) is 3.74. The van der Waals surface area contributed by atoms with Crippen molar-refractivity contribution in [1.82, 2.24) is 9.88 Å². The van der Waals surface area contributed by atoms with Gasteiger partial charge in [-0.25, -0.2) is 4.98 Å². The summed E-state index contributed by atoms with van der Waals surface area (Å²) in [4.78, 5) is 9.29. The zero-order valence-electron chi connectivity index (χ0n) is 11.5. The lowest BCUT2D eigenvalue weighted by molar-refractivity contribution is 0.247. The number of aryl methyl sites for hydroxylation is 1. The Morgan fingerprint density at radius 2 is 2.33 bits per heavy atom. The number of rotatable bonds is 3. The summed E-state index contributed by atoms with van der Waals surface area (Å²) in [5, 5.41) is 0. The number of hydrogen-bond donors (Lipinski definition) is 0. The van der Waals surface area contributed by atoms with Gasteiger partial charge >= 0.3 is 0 Å². The molecule has 1 aliphatic heterocycles. The predicted octanol–water partition coefficient (Wildman–Crippen LogP) is 2.66. The molecule has 0 radical (unpaired) electrons. The molecule has 0 amide bonds. The van der Waals surface area contributed by atoms with E-state index >= 15 is 0 Å². The molecular formula is C14H22ClN3. The van der Waals surface area contributed by atoms with Crippen LogP contribution in [-0.2, 0) is 5.88 Å². The van der Waals surface area contributed by atoms with Gasteiger partial charge in [0.25, 0.3) is 0 Å². The molecule has 0 N–H and O–H groups in total. The number of halogens is 1. The van der Waals surface area contributed by atoms with Crippen molar-refractivity contribution in [1.29, 1.82) is 0 Å². The monoisotopic (exact) mass is 267 g/mol. The highest BCUT2D eigenvalue weighted by Gasteiger charge is 2.22. The molecule has 0 saturated carbocycles. The number of piperidine rings is 1. The van der Waals surface area contributed by atoms with E-state index in [2.05, 4.69) is 41.9 Å². The number of nitrogens with zero attached hydrogens (tertiary/aromatic N) is 3. The minimum absolute atomic E-state index is 0.532. The highest BCUT2D eigenvalue weighted by atomic mass is 35.5. The second kappa shape index (κ2) is 5.89. The largest absolute Gasteiger partial charge is 0.355 e. The van der Waals surface area contributed by atoms with Crippen molar-refractivity contribution >= 4 is 17.4 Å². The highest BCUT2D eigenvalue weighted by Crippen LogP contribution is 2.23. The van der Waals surface area contributed by atoms with E-state index in [0.717, 1.165) is 17.9 Å². The third kappa shape index (κ3) is 2.96. The number of anilines is 1. The molecule has 2 heterocycles. The number of likely N-dealkylation sites (N-methyl/N-ethyl adjacent to an activating group) is 2. The first-order valence-corrected chi connectivity index (χ1v) is 7.08. The molecule has 0 aromatic carbocycles. The maximum Gasteiger partial charge on any atom is 0.131 e. The van der Waals surface area contributed by atoms with Crippen molar-refractivity contribution < 1.29 is 0 Å². The smallest absolute Gasteiger partial charge is 0.131 e. The van der Waals surface area contributed by atoms with Crippen molar-refractivity contribution in [3.63, 3.8) is 0 Å². The quantitative estimate of drug-likeness (QED) is 0.785. The topological polar surface area (TPSA) is 19.4 Å². The molecule has 1 aromatic heterocycles. The number of likely N-dealkylation sites (tertiary alicyclic amines) is 1. The Bertz CT molecular complexity index is 408. The highest BCUT2D eigenvalue weighted by molar-refractivity contribution is 6.17. The maximum atomic E-state index is 5.84. The molecule has 2 rings (SSSR count). The van der Waals surface area contributed by atoms with Crippen LogP contribution in [0.3, 0.4) is 0 Å². The fraction of sp³-hybridized carbons (Fsp3) is 0.643. The van der Waals surface area contributed by atoms with E-state index in [4.69, 9.17) is 11.6 Å². The fourth-order valence-corrected chi connectivity index (χ4v) is 2.84. The number of pyridine rings is 1. The first kappa shape index (κ1) is 13.6. The molecule has 0 spiro atoms. The summed E-state index contributed by atoms with van der Waals surface area (Å²) in [5.41, 5.74) is 2.30. The average molecular weight is 268 g/mol. The van der Waals surface area contributed by atoms with Gasteiger partial charge in [0.05, 0.1) is 0 Å². The van der Waals surface area contributed by atoms with E-state index in [1.807, 2.05) is 6.20 Å². The molecule has 4 heteroatoms. The summed E-state index contributed by atoms with van der Waals surface area (Å²) in [5.74, 6) is 1.62. The molecule has 18 heavy (non-hydrogen) atoms. The van der Waals surface area contributed by atoms with Gasteiger partial charge in [0, 0.05) is 31.7 Å². The number of aromatic nitrogens is 1. The van der Waals surface area contributed by atoms with Gasteiger partial charge in [-0.3, -0.25) is 0 Å². The molecule has 1 aliphatic rings. The molecule has 1 saturated heterocycles. The van der Waals surface area contributed by atoms with Crippen molar-refractivity contribution in [2.75, 3.05) is 32.1 Å². The summed E-state index contributed by atoms with van der Waals surface area (Å²) in [6, 6.07) is 2.70. The maximum absolute atomic E-state index is 5.84. The Balaban J connectivity index is 2.15. The Morgan fingerprint density at radius 1 is 1.56 bits per heavy atom. The van der Waals surface area contributed by atoms with Crippen LogP contribution in [0.4, 0.5) is 5.82 Å². The molecule has 1 atom stereocenters. The van der Waals surface area contributed by atoms with Gasteiger partial charge in [-0.1, -0.05) is 0 Å².